The van der Waals surface area contributed by atoms with Gasteiger partial charge in [0.25, 0.3) is 5.91 Å². The molecule has 1 aromatic heterocycles. The summed E-state index contributed by atoms with van der Waals surface area (Å²) in [5.41, 5.74) is 2.40. The maximum atomic E-state index is 12.2. The average Bonchev–Trinajstić information content (AvgIpc) is 2.73. The fourth-order valence-corrected chi connectivity index (χ4v) is 2.75. The van der Waals surface area contributed by atoms with Gasteiger partial charge in [0.05, 0.1) is 5.56 Å². The molecule has 0 saturated carbocycles. The third-order valence-corrected chi connectivity index (χ3v) is 4.14. The molecule has 0 atom stereocenters. The maximum Gasteiger partial charge on any atom is 0.253 e. The van der Waals surface area contributed by atoms with E-state index in [9.17, 15) is 4.79 Å². The van der Waals surface area contributed by atoms with E-state index in [1.54, 1.807) is 18.3 Å². The summed E-state index contributed by atoms with van der Waals surface area (Å²) in [6.07, 6.45) is 1.56. The second-order valence-corrected chi connectivity index (χ2v) is 6.08. The second kappa shape index (κ2) is 7.78. The molecule has 136 valence electrons. The fourth-order valence-electron chi connectivity index (χ4n) is 2.75. The number of carbonyl (C=O) groups excluding carboxylic acids is 1. The predicted molar refractivity (Wildman–Crippen MR) is 103 cm³/mol. The Labute approximate surface area is 157 Å². The number of aromatic nitrogens is 1. The van der Waals surface area contributed by atoms with Gasteiger partial charge in [0.15, 0.2) is 11.5 Å². The van der Waals surface area contributed by atoms with E-state index in [1.807, 2.05) is 48.5 Å². The van der Waals surface area contributed by atoms with Gasteiger partial charge in [-0.2, -0.15) is 0 Å². The molecule has 0 bridgehead atoms. The number of fused-ring (bicyclic) bond motifs is 1. The molecule has 0 saturated heterocycles. The highest BCUT2D eigenvalue weighted by Gasteiger charge is 2.12. The molecular weight excluding hydrogens is 342 g/mol. The number of hydrogen-bond donors (Lipinski definition) is 2. The van der Waals surface area contributed by atoms with Crippen molar-refractivity contribution in [1.29, 1.82) is 0 Å². The topological polar surface area (TPSA) is 72.5 Å². The largest absolute Gasteiger partial charge is 0.486 e. The van der Waals surface area contributed by atoms with Crippen LogP contribution >= 0.6 is 0 Å². The molecule has 2 N–H and O–H groups in total. The molecule has 1 aliphatic rings. The van der Waals surface area contributed by atoms with E-state index < -0.39 is 0 Å². The highest BCUT2D eigenvalue weighted by Crippen LogP contribution is 2.33. The molecule has 0 aliphatic carbocycles. The Kier molecular flexibility index (Phi) is 4.87. The number of hydrogen-bond acceptors (Lipinski definition) is 5. The number of benzene rings is 2. The normalized spacial score (nSPS) is 12.3. The van der Waals surface area contributed by atoms with E-state index in [0.29, 0.717) is 36.9 Å². The van der Waals surface area contributed by atoms with Crippen molar-refractivity contribution in [2.45, 2.75) is 6.54 Å². The zero-order chi connectivity index (χ0) is 18.5. The summed E-state index contributed by atoms with van der Waals surface area (Å²) in [6.45, 7) is 1.59. The van der Waals surface area contributed by atoms with Crippen LogP contribution in [0.15, 0.2) is 66.9 Å². The molecule has 1 aliphatic heterocycles. The Morgan fingerprint density at radius 2 is 1.78 bits per heavy atom. The van der Waals surface area contributed by atoms with Gasteiger partial charge in [-0.05, 0) is 29.8 Å². The molecule has 0 radical (unpaired) electrons. The minimum Gasteiger partial charge on any atom is -0.486 e. The molecule has 6 heteroatoms. The highest BCUT2D eigenvalue weighted by molar-refractivity contribution is 5.94. The highest BCUT2D eigenvalue weighted by atomic mass is 16.6. The van der Waals surface area contributed by atoms with Crippen molar-refractivity contribution in [3.63, 3.8) is 0 Å². The molecule has 3 aromatic rings. The van der Waals surface area contributed by atoms with Crippen molar-refractivity contribution in [3.05, 3.63) is 78.0 Å². The number of rotatable bonds is 5. The molecule has 27 heavy (non-hydrogen) atoms. The van der Waals surface area contributed by atoms with Crippen LogP contribution in [-0.2, 0) is 6.54 Å². The van der Waals surface area contributed by atoms with Gasteiger partial charge in [-0.1, -0.05) is 30.3 Å². The first-order valence-corrected chi connectivity index (χ1v) is 8.73. The smallest absolute Gasteiger partial charge is 0.253 e. The minimum absolute atomic E-state index is 0.155. The van der Waals surface area contributed by atoms with E-state index in [-0.39, 0.29) is 5.91 Å². The van der Waals surface area contributed by atoms with Gasteiger partial charge in [0, 0.05) is 24.5 Å². The van der Waals surface area contributed by atoms with Crippen LogP contribution in [0.3, 0.4) is 0 Å². The fraction of sp³-hybridized carbons (Fsp3) is 0.143. The molecule has 6 nitrogen and oxygen atoms in total. The van der Waals surface area contributed by atoms with Crippen LogP contribution in [0, 0.1) is 0 Å². The summed E-state index contributed by atoms with van der Waals surface area (Å²) in [5.74, 6) is 1.94. The van der Waals surface area contributed by atoms with Crippen molar-refractivity contribution in [2.24, 2.45) is 0 Å². The third-order valence-electron chi connectivity index (χ3n) is 4.14. The predicted octanol–water partition coefficient (Wildman–Crippen LogP) is 3.53. The van der Waals surface area contributed by atoms with Gasteiger partial charge in [-0.3, -0.25) is 4.79 Å². The zero-order valence-electron chi connectivity index (χ0n) is 14.6. The van der Waals surface area contributed by atoms with Crippen molar-refractivity contribution in [1.82, 2.24) is 10.3 Å². The van der Waals surface area contributed by atoms with Crippen LogP contribution in [0.25, 0.3) is 0 Å². The number of amides is 1. The zero-order valence-corrected chi connectivity index (χ0v) is 14.6. The van der Waals surface area contributed by atoms with Crippen molar-refractivity contribution in [3.8, 4) is 11.5 Å². The maximum absolute atomic E-state index is 12.2. The lowest BCUT2D eigenvalue weighted by molar-refractivity contribution is 0.0950. The Bertz CT molecular complexity index is 927. The standard InChI is InChI=1S/C21H19N3O3/c25-21(23-13-15-4-2-1-3-5-15)16-6-9-20(22-14-16)24-17-7-8-18-19(12-17)27-11-10-26-18/h1-9,12,14H,10-11,13H2,(H,22,24)(H,23,25). The Morgan fingerprint density at radius 1 is 0.963 bits per heavy atom. The van der Waals surface area contributed by atoms with Gasteiger partial charge >= 0.3 is 0 Å². The Hall–Kier alpha value is -3.54. The van der Waals surface area contributed by atoms with Gasteiger partial charge in [0.2, 0.25) is 0 Å². The first kappa shape index (κ1) is 16.9. The summed E-state index contributed by atoms with van der Waals surface area (Å²) in [7, 11) is 0. The molecule has 4 rings (SSSR count). The van der Waals surface area contributed by atoms with Crippen LogP contribution in [-0.4, -0.2) is 24.1 Å². The Balaban J connectivity index is 1.38. The number of ether oxygens (including phenoxy) is 2. The van der Waals surface area contributed by atoms with E-state index in [0.717, 1.165) is 17.0 Å². The average molecular weight is 361 g/mol. The molecule has 2 heterocycles. The quantitative estimate of drug-likeness (QED) is 0.727. The summed E-state index contributed by atoms with van der Waals surface area (Å²) in [4.78, 5) is 16.6. The summed E-state index contributed by atoms with van der Waals surface area (Å²) in [5, 5.41) is 6.09. The summed E-state index contributed by atoms with van der Waals surface area (Å²) in [6, 6.07) is 18.9. The van der Waals surface area contributed by atoms with Crippen LogP contribution in [0.5, 0.6) is 11.5 Å². The lowest BCUT2D eigenvalue weighted by Crippen LogP contribution is -2.22. The second-order valence-electron chi connectivity index (χ2n) is 6.08. The van der Waals surface area contributed by atoms with Gasteiger partial charge in [-0.25, -0.2) is 4.98 Å². The SMILES string of the molecule is O=C(NCc1ccccc1)c1ccc(Nc2ccc3c(c2)OCCO3)nc1. The van der Waals surface area contributed by atoms with Crippen LogP contribution in [0.1, 0.15) is 15.9 Å². The number of anilines is 2. The van der Waals surface area contributed by atoms with Gasteiger partial charge < -0.3 is 20.1 Å². The third kappa shape index (κ3) is 4.17. The van der Waals surface area contributed by atoms with E-state index in [2.05, 4.69) is 15.6 Å². The van der Waals surface area contributed by atoms with E-state index >= 15 is 0 Å². The monoisotopic (exact) mass is 361 g/mol. The van der Waals surface area contributed by atoms with Crippen LogP contribution in [0.4, 0.5) is 11.5 Å². The molecule has 0 fully saturated rings. The summed E-state index contributed by atoms with van der Waals surface area (Å²) >= 11 is 0. The van der Waals surface area contributed by atoms with Gasteiger partial charge in [0.1, 0.15) is 19.0 Å². The molecule has 1 amide bonds. The first-order chi connectivity index (χ1) is 13.3. The molecule has 2 aromatic carbocycles. The lowest BCUT2D eigenvalue weighted by Gasteiger charge is -2.19. The van der Waals surface area contributed by atoms with Gasteiger partial charge in [-0.15, -0.1) is 0 Å². The van der Waals surface area contributed by atoms with E-state index in [1.165, 1.54) is 0 Å². The number of carbonyl (C=O) groups is 1. The van der Waals surface area contributed by atoms with Crippen molar-refractivity contribution in [2.75, 3.05) is 18.5 Å². The number of nitrogens with one attached hydrogen (secondary N) is 2. The Morgan fingerprint density at radius 3 is 2.56 bits per heavy atom. The first-order valence-electron chi connectivity index (χ1n) is 8.73. The summed E-state index contributed by atoms with van der Waals surface area (Å²) < 4.78 is 11.1. The lowest BCUT2D eigenvalue weighted by atomic mass is 10.2. The number of nitrogens with zero attached hydrogens (tertiary/aromatic N) is 1. The van der Waals surface area contributed by atoms with Crippen LogP contribution < -0.4 is 20.1 Å². The van der Waals surface area contributed by atoms with Crippen LogP contribution in [0.2, 0.25) is 0 Å². The molecular formula is C21H19N3O3. The molecule has 0 spiro atoms. The molecule has 0 unspecified atom stereocenters. The van der Waals surface area contributed by atoms with Crippen molar-refractivity contribution >= 4 is 17.4 Å². The number of pyridine rings is 1. The van der Waals surface area contributed by atoms with Crippen molar-refractivity contribution < 1.29 is 14.3 Å². The minimum atomic E-state index is -0.155. The van der Waals surface area contributed by atoms with E-state index in [4.69, 9.17) is 9.47 Å².